The van der Waals surface area contributed by atoms with Gasteiger partial charge < -0.3 is 9.64 Å². The fourth-order valence-corrected chi connectivity index (χ4v) is 3.10. The van der Waals surface area contributed by atoms with Gasteiger partial charge in [0.25, 0.3) is 0 Å². The van der Waals surface area contributed by atoms with E-state index in [-0.39, 0.29) is 23.2 Å². The van der Waals surface area contributed by atoms with E-state index in [9.17, 15) is 9.59 Å². The molecule has 2 aliphatic rings. The van der Waals surface area contributed by atoms with Crippen molar-refractivity contribution in [1.82, 2.24) is 4.90 Å². The van der Waals surface area contributed by atoms with Crippen LogP contribution in [0, 0.1) is 16.7 Å². The summed E-state index contributed by atoms with van der Waals surface area (Å²) in [6.45, 7) is 4.33. The van der Waals surface area contributed by atoms with Crippen LogP contribution in [0.5, 0.6) is 0 Å². The third-order valence-electron chi connectivity index (χ3n) is 4.66. The number of hydrogen-bond acceptors (Lipinski definition) is 3. The summed E-state index contributed by atoms with van der Waals surface area (Å²) < 4.78 is 5.18. The highest BCUT2D eigenvalue weighted by molar-refractivity contribution is 5.86. The van der Waals surface area contributed by atoms with Crippen molar-refractivity contribution in [2.75, 3.05) is 20.7 Å². The van der Waals surface area contributed by atoms with Crippen molar-refractivity contribution in [2.24, 2.45) is 16.7 Å². The minimum absolute atomic E-state index is 0.0843. The van der Waals surface area contributed by atoms with Crippen molar-refractivity contribution < 1.29 is 14.3 Å². The Hall–Kier alpha value is -1.06. The average Bonchev–Trinajstić information content (AvgIpc) is 2.60. The molecule has 1 aliphatic carbocycles. The quantitative estimate of drug-likeness (QED) is 0.627. The molecular weight excluding hydrogens is 206 g/mol. The fourth-order valence-electron chi connectivity index (χ4n) is 3.10. The summed E-state index contributed by atoms with van der Waals surface area (Å²) in [6.07, 6.45) is 1.55. The van der Waals surface area contributed by atoms with Gasteiger partial charge in [-0.15, -0.1) is 0 Å². The Balaban J connectivity index is 2.34. The molecule has 0 radical (unpaired) electrons. The summed E-state index contributed by atoms with van der Waals surface area (Å²) >= 11 is 0. The number of rotatable bonds is 1. The van der Waals surface area contributed by atoms with E-state index in [1.807, 2.05) is 13.8 Å². The molecule has 0 spiro atoms. The largest absolute Gasteiger partial charge is 0.465 e. The SMILES string of the molecule is CN(C)C(=O)[C@@H]1CC[C@@]2(C)C(=O)OC[C@@]12C. The van der Waals surface area contributed by atoms with Gasteiger partial charge >= 0.3 is 5.97 Å². The first-order chi connectivity index (χ1) is 7.33. The number of nitrogens with zero attached hydrogens (tertiary/aromatic N) is 1. The van der Waals surface area contributed by atoms with E-state index in [4.69, 9.17) is 4.74 Å². The van der Waals surface area contributed by atoms with Crippen LogP contribution in [0.4, 0.5) is 0 Å². The molecule has 0 unspecified atom stereocenters. The van der Waals surface area contributed by atoms with Crippen molar-refractivity contribution in [3.05, 3.63) is 0 Å². The Morgan fingerprint density at radius 1 is 1.44 bits per heavy atom. The Labute approximate surface area is 95.9 Å². The van der Waals surface area contributed by atoms with Gasteiger partial charge in [0, 0.05) is 25.4 Å². The van der Waals surface area contributed by atoms with Crippen LogP contribution in [-0.2, 0) is 14.3 Å². The summed E-state index contributed by atoms with van der Waals surface area (Å²) in [7, 11) is 3.53. The van der Waals surface area contributed by atoms with Crippen molar-refractivity contribution in [2.45, 2.75) is 26.7 Å². The highest BCUT2D eigenvalue weighted by atomic mass is 16.5. The normalized spacial score (nSPS) is 41.8. The molecule has 1 amide bonds. The van der Waals surface area contributed by atoms with Gasteiger partial charge in [-0.05, 0) is 19.8 Å². The summed E-state index contributed by atoms with van der Waals surface area (Å²) in [6, 6.07) is 0. The van der Waals surface area contributed by atoms with Gasteiger partial charge in [0.1, 0.15) is 0 Å². The smallest absolute Gasteiger partial charge is 0.312 e. The molecule has 0 N–H and O–H groups in total. The van der Waals surface area contributed by atoms with Crippen LogP contribution in [0.1, 0.15) is 26.7 Å². The van der Waals surface area contributed by atoms with Crippen LogP contribution in [0.2, 0.25) is 0 Å². The lowest BCUT2D eigenvalue weighted by atomic mass is 9.66. The minimum Gasteiger partial charge on any atom is -0.465 e. The predicted octanol–water partition coefficient (Wildman–Crippen LogP) is 1.05. The molecule has 3 atom stereocenters. The molecule has 2 fully saturated rings. The van der Waals surface area contributed by atoms with Gasteiger partial charge in [-0.3, -0.25) is 9.59 Å². The maximum Gasteiger partial charge on any atom is 0.312 e. The second kappa shape index (κ2) is 3.22. The topological polar surface area (TPSA) is 46.6 Å². The summed E-state index contributed by atoms with van der Waals surface area (Å²) in [5, 5.41) is 0. The highest BCUT2D eigenvalue weighted by Gasteiger charge is 2.65. The molecule has 1 saturated heterocycles. The zero-order valence-electron chi connectivity index (χ0n) is 10.4. The number of ether oxygens (including phenoxy) is 1. The number of esters is 1. The Bertz CT molecular complexity index is 352. The lowest BCUT2D eigenvalue weighted by Crippen LogP contribution is -2.43. The predicted molar refractivity (Wildman–Crippen MR) is 58.6 cm³/mol. The Morgan fingerprint density at radius 2 is 2.06 bits per heavy atom. The number of cyclic esters (lactones) is 1. The molecule has 1 heterocycles. The second-order valence-corrected chi connectivity index (χ2v) is 5.65. The lowest BCUT2D eigenvalue weighted by Gasteiger charge is -2.34. The standard InChI is InChI=1S/C12H19NO3/c1-11-6-5-8(9(14)13(3)4)12(11,2)7-16-10(11)15/h8H,5-7H2,1-4H3/t8-,11-,12-/m0/s1. The third kappa shape index (κ3) is 1.16. The first kappa shape index (κ1) is 11.4. The number of carbonyl (C=O) groups is 2. The van der Waals surface area contributed by atoms with E-state index in [0.29, 0.717) is 6.61 Å². The highest BCUT2D eigenvalue weighted by Crippen LogP contribution is 2.60. The van der Waals surface area contributed by atoms with Crippen molar-refractivity contribution >= 4 is 11.9 Å². The first-order valence-corrected chi connectivity index (χ1v) is 5.71. The van der Waals surface area contributed by atoms with E-state index in [1.165, 1.54) is 0 Å². The van der Waals surface area contributed by atoms with Crippen molar-refractivity contribution in [3.8, 4) is 0 Å². The van der Waals surface area contributed by atoms with Crippen LogP contribution < -0.4 is 0 Å². The van der Waals surface area contributed by atoms with E-state index in [2.05, 4.69) is 0 Å². The molecule has 1 aliphatic heterocycles. The molecule has 2 rings (SSSR count). The van der Waals surface area contributed by atoms with Gasteiger partial charge in [0.2, 0.25) is 5.91 Å². The van der Waals surface area contributed by atoms with E-state index < -0.39 is 5.41 Å². The summed E-state index contributed by atoms with van der Waals surface area (Å²) in [5.74, 6) is -0.104. The fraction of sp³-hybridized carbons (Fsp3) is 0.833. The summed E-state index contributed by atoms with van der Waals surface area (Å²) in [5.41, 5.74) is -0.797. The van der Waals surface area contributed by atoms with Gasteiger partial charge in [-0.1, -0.05) is 6.92 Å². The zero-order valence-corrected chi connectivity index (χ0v) is 10.4. The van der Waals surface area contributed by atoms with Crippen LogP contribution in [0.15, 0.2) is 0 Å². The third-order valence-corrected chi connectivity index (χ3v) is 4.66. The number of amides is 1. The van der Waals surface area contributed by atoms with E-state index in [1.54, 1.807) is 19.0 Å². The maximum atomic E-state index is 12.1. The number of carbonyl (C=O) groups excluding carboxylic acids is 2. The average molecular weight is 225 g/mol. The Kier molecular flexibility index (Phi) is 2.30. The van der Waals surface area contributed by atoms with Gasteiger partial charge in [0.15, 0.2) is 0 Å². The first-order valence-electron chi connectivity index (χ1n) is 5.71. The Morgan fingerprint density at radius 3 is 2.62 bits per heavy atom. The molecule has 4 heteroatoms. The molecule has 0 aromatic carbocycles. The van der Waals surface area contributed by atoms with E-state index >= 15 is 0 Å². The number of hydrogen-bond donors (Lipinski definition) is 0. The second-order valence-electron chi connectivity index (χ2n) is 5.65. The van der Waals surface area contributed by atoms with Gasteiger partial charge in [-0.25, -0.2) is 0 Å². The molecule has 0 aromatic heterocycles. The lowest BCUT2D eigenvalue weighted by molar-refractivity contribution is -0.146. The molecule has 90 valence electrons. The van der Waals surface area contributed by atoms with Crippen LogP contribution in [-0.4, -0.2) is 37.5 Å². The molecule has 0 aromatic rings. The molecule has 4 nitrogen and oxygen atoms in total. The van der Waals surface area contributed by atoms with Crippen LogP contribution in [0.3, 0.4) is 0 Å². The summed E-state index contributed by atoms with van der Waals surface area (Å²) in [4.78, 5) is 25.5. The molecule has 16 heavy (non-hydrogen) atoms. The van der Waals surface area contributed by atoms with Crippen molar-refractivity contribution in [3.63, 3.8) is 0 Å². The van der Waals surface area contributed by atoms with Crippen LogP contribution in [0.25, 0.3) is 0 Å². The monoisotopic (exact) mass is 225 g/mol. The molecule has 1 saturated carbocycles. The minimum atomic E-state index is -0.469. The maximum absolute atomic E-state index is 12.1. The van der Waals surface area contributed by atoms with E-state index in [0.717, 1.165) is 12.8 Å². The zero-order chi connectivity index (χ0) is 12.1. The molecule has 0 bridgehead atoms. The number of fused-ring (bicyclic) bond motifs is 1. The van der Waals surface area contributed by atoms with Crippen molar-refractivity contribution in [1.29, 1.82) is 0 Å². The van der Waals surface area contributed by atoms with Gasteiger partial charge in [0.05, 0.1) is 12.0 Å². The van der Waals surface area contributed by atoms with Gasteiger partial charge in [-0.2, -0.15) is 0 Å². The van der Waals surface area contributed by atoms with Crippen LogP contribution >= 0.6 is 0 Å². The molecular formula is C12H19NO3.